The maximum atomic E-state index is 13.3. The first-order chi connectivity index (χ1) is 18.9. The van der Waals surface area contributed by atoms with Crippen LogP contribution in [0.3, 0.4) is 0 Å². The number of nitrogens with one attached hydrogen (secondary N) is 2. The molecule has 4 N–H and O–H groups in total. The fourth-order valence-electron chi connectivity index (χ4n) is 4.90. The smallest absolute Gasteiger partial charge is 0.360 e. The van der Waals surface area contributed by atoms with Crippen LogP contribution >= 0.6 is 0 Å². The highest BCUT2D eigenvalue weighted by atomic mass is 16.5. The molecule has 0 spiro atoms. The molecule has 5 rings (SSSR count). The Morgan fingerprint density at radius 1 is 1.00 bits per heavy atom. The van der Waals surface area contributed by atoms with E-state index in [2.05, 4.69) is 15.7 Å². The van der Waals surface area contributed by atoms with Crippen LogP contribution in [0.1, 0.15) is 40.4 Å². The summed E-state index contributed by atoms with van der Waals surface area (Å²) in [7, 11) is 1.55. The quantitative estimate of drug-likeness (QED) is 0.267. The molecule has 39 heavy (non-hydrogen) atoms. The Morgan fingerprint density at radius 3 is 2.28 bits per heavy atom. The van der Waals surface area contributed by atoms with Gasteiger partial charge in [0, 0.05) is 5.69 Å². The van der Waals surface area contributed by atoms with Crippen molar-refractivity contribution in [3.05, 3.63) is 102 Å². The van der Waals surface area contributed by atoms with Crippen molar-refractivity contribution < 1.29 is 29.3 Å². The Hall–Kier alpha value is -4.83. The number of aliphatic carboxylic acids is 1. The highest BCUT2D eigenvalue weighted by Gasteiger charge is 2.56. The molecule has 1 aromatic heterocycles. The van der Waals surface area contributed by atoms with E-state index < -0.39 is 29.6 Å². The van der Waals surface area contributed by atoms with Gasteiger partial charge in [-0.2, -0.15) is 5.10 Å². The van der Waals surface area contributed by atoms with E-state index in [1.54, 1.807) is 79.9 Å². The second kappa shape index (κ2) is 10.5. The molecule has 3 atom stereocenters. The van der Waals surface area contributed by atoms with E-state index in [1.807, 2.05) is 13.0 Å². The molecule has 200 valence electrons. The molecule has 3 aromatic carbocycles. The number of rotatable bonds is 8. The number of methoxy groups -OCH3 is 1. The molecule has 1 aliphatic rings. The number of benzene rings is 3. The monoisotopic (exact) mass is 528 g/mol. The molecule has 10 nitrogen and oxygen atoms in total. The normalized spacial score (nSPS) is 19.9. The minimum absolute atomic E-state index is 0.0774. The van der Waals surface area contributed by atoms with E-state index in [9.17, 15) is 19.8 Å². The zero-order valence-corrected chi connectivity index (χ0v) is 21.4. The van der Waals surface area contributed by atoms with Gasteiger partial charge in [-0.15, -0.1) is 0 Å². The van der Waals surface area contributed by atoms with Gasteiger partial charge in [-0.3, -0.25) is 4.79 Å². The Kier molecular flexibility index (Phi) is 6.95. The van der Waals surface area contributed by atoms with Gasteiger partial charge in [-0.25, -0.2) is 9.48 Å². The third kappa shape index (κ3) is 4.66. The van der Waals surface area contributed by atoms with E-state index in [0.717, 1.165) is 4.68 Å². The summed E-state index contributed by atoms with van der Waals surface area (Å²) in [6.45, 7) is 2.40. The van der Waals surface area contributed by atoms with Crippen molar-refractivity contribution >= 4 is 23.4 Å². The molecule has 0 aliphatic carbocycles. The lowest BCUT2D eigenvalue weighted by Gasteiger charge is -2.43. The summed E-state index contributed by atoms with van der Waals surface area (Å²) in [5.41, 5.74) is -0.647. The number of carboxylic acids is 1. The maximum Gasteiger partial charge on any atom is 0.360 e. The van der Waals surface area contributed by atoms with Gasteiger partial charge in [0.25, 0.3) is 11.6 Å². The molecule has 1 aliphatic heterocycles. The summed E-state index contributed by atoms with van der Waals surface area (Å²) in [4.78, 5) is 26.1. The highest BCUT2D eigenvalue weighted by Crippen LogP contribution is 2.49. The first-order valence-corrected chi connectivity index (χ1v) is 12.4. The molecule has 0 saturated heterocycles. The fourth-order valence-corrected chi connectivity index (χ4v) is 4.90. The van der Waals surface area contributed by atoms with Crippen molar-refractivity contribution in [3.8, 4) is 11.5 Å². The summed E-state index contributed by atoms with van der Waals surface area (Å²) in [6, 6.07) is 22.1. The van der Waals surface area contributed by atoms with Crippen LogP contribution in [0.4, 0.5) is 11.5 Å². The van der Waals surface area contributed by atoms with Crippen molar-refractivity contribution in [2.45, 2.75) is 24.6 Å². The molecule has 0 unspecified atom stereocenters. The number of carbonyl (C=O) groups excluding carboxylic acids is 1. The van der Waals surface area contributed by atoms with E-state index in [-0.39, 0.29) is 11.4 Å². The van der Waals surface area contributed by atoms with Crippen molar-refractivity contribution in [1.82, 2.24) is 9.78 Å². The fraction of sp³-hybridized carbons (Fsp3) is 0.207. The number of aromatic nitrogens is 2. The Bertz CT molecular complexity index is 1470. The van der Waals surface area contributed by atoms with Crippen LogP contribution in [-0.4, -0.2) is 45.6 Å². The number of carbonyl (C=O) groups is 2. The molecule has 10 heteroatoms. The average molecular weight is 529 g/mol. The first kappa shape index (κ1) is 25.8. The van der Waals surface area contributed by atoms with Gasteiger partial charge in [0.2, 0.25) is 0 Å². The summed E-state index contributed by atoms with van der Waals surface area (Å²) in [5, 5.41) is 32.6. The molecular formula is C29H28N4O6. The highest BCUT2D eigenvalue weighted by molar-refractivity contribution is 6.07. The third-order valence-electron chi connectivity index (χ3n) is 6.77. The molecule has 0 fully saturated rings. The minimum atomic E-state index is -2.51. The van der Waals surface area contributed by atoms with E-state index in [0.29, 0.717) is 34.9 Å². The van der Waals surface area contributed by atoms with Gasteiger partial charge in [0.15, 0.2) is 0 Å². The maximum absolute atomic E-state index is 13.3. The van der Waals surface area contributed by atoms with E-state index in [1.165, 1.54) is 6.20 Å². The Morgan fingerprint density at radius 2 is 1.67 bits per heavy atom. The Balaban J connectivity index is 1.59. The number of amides is 1. The number of hydrogen-bond acceptors (Lipinski definition) is 7. The van der Waals surface area contributed by atoms with Gasteiger partial charge in [-0.1, -0.05) is 42.5 Å². The number of hydrogen-bond donors (Lipinski definition) is 4. The Labute approximate surface area is 224 Å². The molecular weight excluding hydrogens is 500 g/mol. The van der Waals surface area contributed by atoms with Crippen molar-refractivity contribution in [2.75, 3.05) is 24.4 Å². The predicted molar refractivity (Wildman–Crippen MR) is 144 cm³/mol. The van der Waals surface area contributed by atoms with Crippen LogP contribution in [0.15, 0.2) is 85.1 Å². The topological polar surface area (TPSA) is 135 Å². The second-order valence-corrected chi connectivity index (χ2v) is 9.04. The van der Waals surface area contributed by atoms with Gasteiger partial charge < -0.3 is 30.3 Å². The van der Waals surface area contributed by atoms with Crippen LogP contribution < -0.4 is 20.1 Å². The number of anilines is 2. The number of ether oxygens (including phenoxy) is 2. The third-order valence-corrected chi connectivity index (χ3v) is 6.77. The van der Waals surface area contributed by atoms with Crippen LogP contribution in [0.25, 0.3) is 0 Å². The molecule has 4 aromatic rings. The van der Waals surface area contributed by atoms with E-state index >= 15 is 0 Å². The lowest BCUT2D eigenvalue weighted by Crippen LogP contribution is -2.54. The minimum Gasteiger partial charge on any atom is -0.497 e. The zero-order chi connectivity index (χ0) is 27.6. The molecule has 1 amide bonds. The van der Waals surface area contributed by atoms with Crippen molar-refractivity contribution in [1.29, 1.82) is 0 Å². The number of aliphatic hydroxyl groups is 1. The second-order valence-electron chi connectivity index (χ2n) is 9.04. The lowest BCUT2D eigenvalue weighted by atomic mass is 9.77. The van der Waals surface area contributed by atoms with Crippen molar-refractivity contribution in [2.24, 2.45) is 0 Å². The summed E-state index contributed by atoms with van der Waals surface area (Å²) < 4.78 is 11.7. The largest absolute Gasteiger partial charge is 0.497 e. The first-order valence-electron chi connectivity index (χ1n) is 12.4. The number of nitrogens with zero attached hydrogens (tertiary/aromatic N) is 2. The summed E-state index contributed by atoms with van der Waals surface area (Å²) in [5.74, 6) is -1.65. The molecule has 0 saturated carbocycles. The van der Waals surface area contributed by atoms with Gasteiger partial charge in [0.05, 0.1) is 31.9 Å². The van der Waals surface area contributed by atoms with Gasteiger partial charge in [-0.05, 0) is 54.4 Å². The van der Waals surface area contributed by atoms with Crippen LogP contribution in [0.5, 0.6) is 11.5 Å². The van der Waals surface area contributed by atoms with Gasteiger partial charge in [0.1, 0.15) is 22.9 Å². The molecule has 0 radical (unpaired) electrons. The van der Waals surface area contributed by atoms with Gasteiger partial charge >= 0.3 is 5.97 Å². The van der Waals surface area contributed by atoms with Crippen LogP contribution in [-0.2, 0) is 10.5 Å². The standard InChI is InChI=1S/C29H28N4O6/c1-3-39-22-15-11-20(12-16-22)31-27(34)23-17-30-33-26(23)32-25(19-9-13-21(38-2)14-10-19)24(29(33,37)28(35)36)18-7-5-4-6-8-18/h4-17,24-25,32,37H,3H2,1-2H3,(H,31,34)(H,35,36)/t24-,25-,29-/m1/s1. The zero-order valence-electron chi connectivity index (χ0n) is 21.4. The predicted octanol–water partition coefficient (Wildman–Crippen LogP) is 4.22. The average Bonchev–Trinajstić information content (AvgIpc) is 3.39. The SMILES string of the molecule is CCOc1ccc(NC(=O)c2cnn3c2N[C@H](c2ccc(OC)cc2)[C@@H](c2ccccc2)[C@@]3(O)C(=O)O)cc1. The van der Waals surface area contributed by atoms with E-state index in [4.69, 9.17) is 9.47 Å². The van der Waals surface area contributed by atoms with Crippen molar-refractivity contribution in [3.63, 3.8) is 0 Å². The molecule has 2 heterocycles. The number of carboxylic acid groups (broad SMARTS) is 1. The molecule has 0 bridgehead atoms. The van der Waals surface area contributed by atoms with Crippen LogP contribution in [0.2, 0.25) is 0 Å². The number of fused-ring (bicyclic) bond motifs is 1. The van der Waals surface area contributed by atoms with Crippen LogP contribution in [0, 0.1) is 0 Å². The summed E-state index contributed by atoms with van der Waals surface area (Å²) >= 11 is 0. The summed E-state index contributed by atoms with van der Waals surface area (Å²) in [6.07, 6.45) is 1.25. The lowest BCUT2D eigenvalue weighted by molar-refractivity contribution is -0.179.